The summed E-state index contributed by atoms with van der Waals surface area (Å²) in [5.41, 5.74) is 2.24. The van der Waals surface area contributed by atoms with E-state index in [-0.39, 0.29) is 0 Å². The number of fused-ring (bicyclic) bond motifs is 1. The van der Waals surface area contributed by atoms with Crippen molar-refractivity contribution in [1.82, 2.24) is 4.98 Å². The molecule has 120 valence electrons. The fourth-order valence-corrected chi connectivity index (χ4v) is 2.58. The maximum absolute atomic E-state index is 6.05. The number of rotatable bonds is 3. The number of para-hydroxylation sites is 1. The lowest BCUT2D eigenvalue weighted by Gasteiger charge is -2.14. The van der Waals surface area contributed by atoms with Gasteiger partial charge >= 0.3 is 0 Å². The maximum atomic E-state index is 6.05. The van der Waals surface area contributed by atoms with Gasteiger partial charge in [0.05, 0.1) is 0 Å². The lowest BCUT2D eigenvalue weighted by Crippen LogP contribution is -1.96. The van der Waals surface area contributed by atoms with Crippen LogP contribution in [-0.4, -0.2) is 4.98 Å². The van der Waals surface area contributed by atoms with E-state index in [1.54, 1.807) is 0 Å². The average Bonchev–Trinajstić information content (AvgIpc) is 2.56. The van der Waals surface area contributed by atoms with Crippen molar-refractivity contribution in [1.29, 1.82) is 0 Å². The zero-order valence-corrected chi connectivity index (χ0v) is 14.6. The number of aromatic nitrogens is 1. The molecule has 0 amide bonds. The van der Waals surface area contributed by atoms with Crippen molar-refractivity contribution >= 4 is 10.8 Å². The second kappa shape index (κ2) is 7.77. The first kappa shape index (κ1) is 17.0. The Morgan fingerprint density at radius 1 is 0.913 bits per heavy atom. The minimum Gasteiger partial charge on any atom is -0.438 e. The van der Waals surface area contributed by atoms with Crippen molar-refractivity contribution in [2.24, 2.45) is 0 Å². The van der Waals surface area contributed by atoms with Crippen LogP contribution in [0, 0.1) is 6.92 Å². The third-order valence-corrected chi connectivity index (χ3v) is 3.56. The average molecular weight is 307 g/mol. The van der Waals surface area contributed by atoms with E-state index in [4.69, 9.17) is 4.74 Å². The Morgan fingerprint density at radius 2 is 1.61 bits per heavy atom. The van der Waals surface area contributed by atoms with Gasteiger partial charge in [-0.3, -0.25) is 0 Å². The Balaban J connectivity index is 0.000000924. The molecule has 23 heavy (non-hydrogen) atoms. The quantitative estimate of drug-likeness (QED) is 0.552. The van der Waals surface area contributed by atoms with Crippen LogP contribution in [0.15, 0.2) is 54.6 Å². The summed E-state index contributed by atoms with van der Waals surface area (Å²) in [5, 5.41) is 2.29. The Bertz CT molecular complexity index is 763. The minimum atomic E-state index is 0.427. The third kappa shape index (κ3) is 3.89. The van der Waals surface area contributed by atoms with Crippen molar-refractivity contribution in [3.63, 3.8) is 0 Å². The molecule has 3 rings (SSSR count). The van der Waals surface area contributed by atoms with E-state index in [0.29, 0.717) is 11.8 Å². The molecule has 3 aromatic rings. The summed E-state index contributed by atoms with van der Waals surface area (Å²) in [4.78, 5) is 4.62. The number of aryl methyl sites for hydroxylation is 1. The first-order chi connectivity index (χ1) is 11.1. The number of ether oxygens (including phenoxy) is 1. The molecule has 0 aliphatic heterocycles. The highest BCUT2D eigenvalue weighted by Gasteiger charge is 2.13. The van der Waals surface area contributed by atoms with Crippen LogP contribution in [0.4, 0.5) is 0 Å². The van der Waals surface area contributed by atoms with E-state index in [1.165, 1.54) is 10.9 Å². The lowest BCUT2D eigenvalue weighted by molar-refractivity contribution is 0.467. The molecule has 0 unspecified atom stereocenters. The van der Waals surface area contributed by atoms with Gasteiger partial charge in [0.2, 0.25) is 5.88 Å². The van der Waals surface area contributed by atoms with Gasteiger partial charge < -0.3 is 4.74 Å². The van der Waals surface area contributed by atoms with Gasteiger partial charge in [-0.25, -0.2) is 4.98 Å². The monoisotopic (exact) mass is 307 g/mol. The van der Waals surface area contributed by atoms with Crippen molar-refractivity contribution in [2.75, 3.05) is 0 Å². The first-order valence-electron chi connectivity index (χ1n) is 8.28. The molecule has 0 fully saturated rings. The molecule has 0 atom stereocenters. The molecule has 1 heterocycles. The molecule has 0 spiro atoms. The van der Waals surface area contributed by atoms with Crippen molar-refractivity contribution in [3.05, 3.63) is 65.9 Å². The zero-order chi connectivity index (χ0) is 16.8. The summed E-state index contributed by atoms with van der Waals surface area (Å²) in [7, 11) is 0. The molecule has 0 N–H and O–H groups in total. The van der Waals surface area contributed by atoms with Crippen LogP contribution in [0.3, 0.4) is 0 Å². The van der Waals surface area contributed by atoms with Gasteiger partial charge in [-0.05, 0) is 42.0 Å². The largest absolute Gasteiger partial charge is 0.438 e. The molecular weight excluding hydrogens is 282 g/mol. The topological polar surface area (TPSA) is 22.1 Å². The summed E-state index contributed by atoms with van der Waals surface area (Å²) < 4.78 is 6.05. The van der Waals surface area contributed by atoms with Crippen molar-refractivity contribution in [3.8, 4) is 11.6 Å². The summed E-state index contributed by atoms with van der Waals surface area (Å²) in [6.45, 7) is 10.4. The highest BCUT2D eigenvalue weighted by Crippen LogP contribution is 2.34. The van der Waals surface area contributed by atoms with Crippen LogP contribution in [0.1, 0.15) is 44.9 Å². The standard InChI is InChI=1S/C19H19NO.C2H6/c1-13(2)17-11-7-8-15-12-14(3)20-19(18(15)17)21-16-9-5-4-6-10-16;1-2/h4-13H,1-3H3;1-2H3. The molecular formula is C21H25NO. The third-order valence-electron chi connectivity index (χ3n) is 3.56. The summed E-state index contributed by atoms with van der Waals surface area (Å²) >= 11 is 0. The Labute approximate surface area is 139 Å². The molecule has 2 nitrogen and oxygen atoms in total. The number of hydrogen-bond donors (Lipinski definition) is 0. The highest BCUT2D eigenvalue weighted by molar-refractivity contribution is 5.91. The van der Waals surface area contributed by atoms with E-state index in [2.05, 4.69) is 43.1 Å². The number of benzene rings is 2. The maximum Gasteiger partial charge on any atom is 0.227 e. The van der Waals surface area contributed by atoms with Gasteiger partial charge in [-0.1, -0.05) is 64.1 Å². The zero-order valence-electron chi connectivity index (χ0n) is 14.6. The number of hydrogen-bond acceptors (Lipinski definition) is 2. The van der Waals surface area contributed by atoms with E-state index in [9.17, 15) is 0 Å². The predicted octanol–water partition coefficient (Wildman–Crippen LogP) is 6.49. The molecule has 0 saturated carbocycles. The molecule has 0 aliphatic carbocycles. The molecule has 0 bridgehead atoms. The van der Waals surface area contributed by atoms with Crippen molar-refractivity contribution in [2.45, 2.75) is 40.5 Å². The van der Waals surface area contributed by atoms with Crippen LogP contribution in [0.2, 0.25) is 0 Å². The molecule has 0 radical (unpaired) electrons. The van der Waals surface area contributed by atoms with E-state index in [1.807, 2.05) is 51.1 Å². The van der Waals surface area contributed by atoms with Gasteiger partial charge in [0, 0.05) is 11.1 Å². The SMILES string of the molecule is CC.Cc1cc2cccc(C(C)C)c2c(Oc2ccccc2)n1. The van der Waals surface area contributed by atoms with Crippen LogP contribution in [0.25, 0.3) is 10.8 Å². The number of nitrogens with zero attached hydrogens (tertiary/aromatic N) is 1. The Hall–Kier alpha value is -2.35. The van der Waals surface area contributed by atoms with E-state index in [0.717, 1.165) is 16.8 Å². The first-order valence-corrected chi connectivity index (χ1v) is 8.28. The summed E-state index contributed by atoms with van der Waals surface area (Å²) in [6, 6.07) is 18.3. The highest BCUT2D eigenvalue weighted by atomic mass is 16.5. The van der Waals surface area contributed by atoms with Crippen LogP contribution in [0.5, 0.6) is 11.6 Å². The second-order valence-electron chi connectivity index (χ2n) is 5.58. The normalized spacial score (nSPS) is 10.3. The van der Waals surface area contributed by atoms with Crippen LogP contribution in [-0.2, 0) is 0 Å². The predicted molar refractivity (Wildman–Crippen MR) is 98.4 cm³/mol. The van der Waals surface area contributed by atoms with Crippen LogP contribution >= 0.6 is 0 Å². The van der Waals surface area contributed by atoms with Crippen LogP contribution < -0.4 is 4.74 Å². The summed E-state index contributed by atoms with van der Waals surface area (Å²) in [5.74, 6) is 1.94. The molecule has 1 aromatic heterocycles. The molecule has 2 heteroatoms. The molecule has 2 aromatic carbocycles. The van der Waals surface area contributed by atoms with E-state index >= 15 is 0 Å². The van der Waals surface area contributed by atoms with Gasteiger partial charge in [-0.15, -0.1) is 0 Å². The second-order valence-corrected chi connectivity index (χ2v) is 5.58. The van der Waals surface area contributed by atoms with Gasteiger partial charge in [0.15, 0.2) is 0 Å². The van der Waals surface area contributed by atoms with Gasteiger partial charge in [0.1, 0.15) is 5.75 Å². The number of pyridine rings is 1. The molecule has 0 saturated heterocycles. The Kier molecular flexibility index (Phi) is 5.75. The van der Waals surface area contributed by atoms with Crippen molar-refractivity contribution < 1.29 is 4.74 Å². The van der Waals surface area contributed by atoms with Gasteiger partial charge in [-0.2, -0.15) is 0 Å². The van der Waals surface area contributed by atoms with Gasteiger partial charge in [0.25, 0.3) is 0 Å². The molecule has 0 aliphatic rings. The van der Waals surface area contributed by atoms with E-state index < -0.39 is 0 Å². The lowest BCUT2D eigenvalue weighted by atomic mass is 9.96. The smallest absolute Gasteiger partial charge is 0.227 e. The summed E-state index contributed by atoms with van der Waals surface area (Å²) in [6.07, 6.45) is 0. The minimum absolute atomic E-state index is 0.427. The fraction of sp³-hybridized carbons (Fsp3) is 0.286. The fourth-order valence-electron chi connectivity index (χ4n) is 2.58. The Morgan fingerprint density at radius 3 is 2.26 bits per heavy atom.